The highest BCUT2D eigenvalue weighted by Gasteiger charge is 2.52. The molecule has 49 heavy (non-hydrogen) atoms. The van der Waals surface area contributed by atoms with Crippen LogP contribution in [0, 0.1) is 0 Å². The highest BCUT2D eigenvalue weighted by Crippen LogP contribution is 2.64. The van der Waals surface area contributed by atoms with E-state index in [4.69, 9.17) is 4.74 Å². The van der Waals surface area contributed by atoms with Gasteiger partial charge >= 0.3 is 0 Å². The summed E-state index contributed by atoms with van der Waals surface area (Å²) in [7, 11) is 0. The van der Waals surface area contributed by atoms with Crippen LogP contribution in [0.4, 0.5) is 17.1 Å². The highest BCUT2D eigenvalue weighted by molar-refractivity contribution is 5.99. The normalized spacial score (nSPS) is 15.2. The van der Waals surface area contributed by atoms with Gasteiger partial charge in [0.05, 0.1) is 11.1 Å². The van der Waals surface area contributed by atoms with Crippen LogP contribution < -0.4 is 9.64 Å². The van der Waals surface area contributed by atoms with Gasteiger partial charge in [-0.15, -0.1) is 0 Å². The van der Waals surface area contributed by atoms with E-state index in [1.54, 1.807) is 0 Å². The summed E-state index contributed by atoms with van der Waals surface area (Å²) in [4.78, 5) is 2.41. The Labute approximate surface area is 286 Å². The van der Waals surface area contributed by atoms with E-state index in [0.29, 0.717) is 0 Å². The molecule has 0 N–H and O–H groups in total. The zero-order valence-corrected chi connectivity index (χ0v) is 26.8. The molecule has 1 spiro atoms. The van der Waals surface area contributed by atoms with Crippen LogP contribution in [0.1, 0.15) is 22.3 Å². The molecule has 0 saturated carbocycles. The lowest BCUT2D eigenvalue weighted by Crippen LogP contribution is -2.32. The van der Waals surface area contributed by atoms with E-state index >= 15 is 0 Å². The molecule has 0 amide bonds. The van der Waals surface area contributed by atoms with Crippen LogP contribution in [-0.4, -0.2) is 0 Å². The molecule has 0 fully saturated rings. The van der Waals surface area contributed by atoms with Crippen LogP contribution in [0.2, 0.25) is 0 Å². The fraction of sp³-hybridized carbons (Fsp3) is 0.0213. The predicted molar refractivity (Wildman–Crippen MR) is 201 cm³/mol. The van der Waals surface area contributed by atoms with Gasteiger partial charge in [0, 0.05) is 28.1 Å². The number of anilines is 3. The highest BCUT2D eigenvalue weighted by atomic mass is 16.5. The number of benzene rings is 8. The van der Waals surface area contributed by atoms with Crippen LogP contribution in [0.15, 0.2) is 188 Å². The van der Waals surface area contributed by atoms with Crippen LogP contribution in [0.5, 0.6) is 11.5 Å². The third kappa shape index (κ3) is 4.07. The maximum absolute atomic E-state index is 6.76. The van der Waals surface area contributed by atoms with Crippen molar-refractivity contribution in [2.24, 2.45) is 0 Å². The number of hydrogen-bond donors (Lipinski definition) is 0. The van der Waals surface area contributed by atoms with E-state index < -0.39 is 5.41 Å². The molecule has 0 radical (unpaired) electrons. The minimum absolute atomic E-state index is 0.560. The molecule has 230 valence electrons. The Morgan fingerprint density at radius 3 is 1.78 bits per heavy atom. The van der Waals surface area contributed by atoms with Crippen molar-refractivity contribution in [3.8, 4) is 33.8 Å². The summed E-state index contributed by atoms with van der Waals surface area (Å²) in [5.41, 5.74) is 12.6. The van der Waals surface area contributed by atoms with Crippen molar-refractivity contribution in [1.29, 1.82) is 0 Å². The van der Waals surface area contributed by atoms with Crippen molar-refractivity contribution in [3.05, 3.63) is 210 Å². The Morgan fingerprint density at radius 2 is 0.980 bits per heavy atom. The van der Waals surface area contributed by atoms with E-state index in [1.165, 1.54) is 55.3 Å². The summed E-state index contributed by atoms with van der Waals surface area (Å²) in [5, 5.41) is 2.38. The lowest BCUT2D eigenvalue weighted by molar-refractivity contribution is 0.437. The van der Waals surface area contributed by atoms with Crippen molar-refractivity contribution in [2.75, 3.05) is 4.90 Å². The Hall–Kier alpha value is -6.38. The fourth-order valence-electron chi connectivity index (χ4n) is 8.24. The second-order valence-corrected chi connectivity index (χ2v) is 12.9. The van der Waals surface area contributed by atoms with Gasteiger partial charge in [-0.05, 0) is 87.1 Å². The van der Waals surface area contributed by atoms with Gasteiger partial charge in [0.1, 0.15) is 11.5 Å². The van der Waals surface area contributed by atoms with Gasteiger partial charge in [0.15, 0.2) is 0 Å². The summed E-state index contributed by atoms with van der Waals surface area (Å²) in [5.74, 6) is 1.80. The van der Waals surface area contributed by atoms with Gasteiger partial charge in [-0.2, -0.15) is 0 Å². The smallest absolute Gasteiger partial charge is 0.132 e. The summed E-state index contributed by atoms with van der Waals surface area (Å²) in [6.45, 7) is 0. The SMILES string of the molecule is c1ccc(-c2ccc(N(c3ccccc3)c3cccc4c3-c3ccccc3C43c4ccccc4Oc4cc5ccccc5cc43)cc2)cc1. The largest absolute Gasteiger partial charge is 0.457 e. The lowest BCUT2D eigenvalue weighted by Gasteiger charge is -2.39. The molecule has 8 aromatic carbocycles. The molecule has 1 aliphatic heterocycles. The molecular weight excluding hydrogens is 595 g/mol. The molecular formula is C47H31NO. The monoisotopic (exact) mass is 625 g/mol. The molecule has 2 aliphatic rings. The van der Waals surface area contributed by atoms with Crippen LogP contribution >= 0.6 is 0 Å². The molecule has 1 unspecified atom stereocenters. The van der Waals surface area contributed by atoms with Gasteiger partial charge in [-0.1, -0.05) is 140 Å². The molecule has 0 bridgehead atoms. The summed E-state index contributed by atoms with van der Waals surface area (Å²) in [6, 6.07) is 67.8. The quantitative estimate of drug-likeness (QED) is 0.193. The van der Waals surface area contributed by atoms with Crippen LogP contribution in [-0.2, 0) is 5.41 Å². The first kappa shape index (κ1) is 27.7. The second kappa shape index (κ2) is 10.8. The molecule has 1 aliphatic carbocycles. The van der Waals surface area contributed by atoms with Gasteiger partial charge in [0.2, 0.25) is 0 Å². The number of rotatable bonds is 4. The maximum Gasteiger partial charge on any atom is 0.132 e. The lowest BCUT2D eigenvalue weighted by atomic mass is 9.66. The molecule has 0 aromatic heterocycles. The number of ether oxygens (including phenoxy) is 1. The number of hydrogen-bond acceptors (Lipinski definition) is 2. The Balaban J connectivity index is 1.27. The van der Waals surface area contributed by atoms with E-state index in [2.05, 4.69) is 193 Å². The first-order valence-electron chi connectivity index (χ1n) is 16.9. The third-order valence-corrected chi connectivity index (χ3v) is 10.3. The summed E-state index contributed by atoms with van der Waals surface area (Å²) in [6.07, 6.45) is 0. The van der Waals surface area contributed by atoms with Gasteiger partial charge in [-0.3, -0.25) is 0 Å². The Kier molecular flexibility index (Phi) is 6.13. The van der Waals surface area contributed by atoms with Crippen LogP contribution in [0.25, 0.3) is 33.0 Å². The molecule has 10 rings (SSSR count). The number of nitrogens with zero attached hydrogens (tertiary/aromatic N) is 1. The predicted octanol–water partition coefficient (Wildman–Crippen LogP) is 12.4. The average Bonchev–Trinajstić information content (AvgIpc) is 3.47. The number of para-hydroxylation sites is 2. The van der Waals surface area contributed by atoms with E-state index in [9.17, 15) is 0 Å². The average molecular weight is 626 g/mol. The molecule has 1 atom stereocenters. The van der Waals surface area contributed by atoms with E-state index in [1.807, 2.05) is 0 Å². The summed E-state index contributed by atoms with van der Waals surface area (Å²) >= 11 is 0. The maximum atomic E-state index is 6.76. The van der Waals surface area contributed by atoms with Crippen molar-refractivity contribution in [3.63, 3.8) is 0 Å². The molecule has 2 heteroatoms. The molecule has 1 heterocycles. The van der Waals surface area contributed by atoms with E-state index in [0.717, 1.165) is 28.6 Å². The fourth-order valence-corrected chi connectivity index (χ4v) is 8.24. The van der Waals surface area contributed by atoms with Crippen LogP contribution in [0.3, 0.4) is 0 Å². The standard InChI is InChI=1S/C47H31NO/c1-3-14-32(15-4-1)33-26-28-37(29-27-33)48(36-18-5-2-6-19-36)43-24-13-23-41-46(43)38-20-9-10-21-39(38)47(41)40-22-11-12-25-44(40)49-45-31-35-17-8-7-16-34(35)30-42(45)47/h1-31H. The Morgan fingerprint density at radius 1 is 0.388 bits per heavy atom. The Bertz CT molecular complexity index is 2520. The minimum Gasteiger partial charge on any atom is -0.457 e. The number of fused-ring (bicyclic) bond motifs is 10. The summed E-state index contributed by atoms with van der Waals surface area (Å²) < 4.78 is 6.76. The zero-order valence-electron chi connectivity index (χ0n) is 26.8. The minimum atomic E-state index is -0.560. The first-order chi connectivity index (χ1) is 24.3. The van der Waals surface area contributed by atoms with E-state index in [-0.39, 0.29) is 0 Å². The van der Waals surface area contributed by atoms with Gasteiger partial charge < -0.3 is 9.64 Å². The second-order valence-electron chi connectivity index (χ2n) is 12.9. The first-order valence-corrected chi connectivity index (χ1v) is 16.9. The van der Waals surface area contributed by atoms with Crippen molar-refractivity contribution in [2.45, 2.75) is 5.41 Å². The van der Waals surface area contributed by atoms with Crippen molar-refractivity contribution in [1.82, 2.24) is 0 Å². The van der Waals surface area contributed by atoms with Crippen molar-refractivity contribution >= 4 is 27.8 Å². The zero-order chi connectivity index (χ0) is 32.4. The van der Waals surface area contributed by atoms with Gasteiger partial charge in [-0.25, -0.2) is 0 Å². The van der Waals surface area contributed by atoms with Gasteiger partial charge in [0.25, 0.3) is 0 Å². The molecule has 0 saturated heterocycles. The topological polar surface area (TPSA) is 12.5 Å². The molecule has 8 aromatic rings. The molecule has 2 nitrogen and oxygen atoms in total. The van der Waals surface area contributed by atoms with Crippen molar-refractivity contribution < 1.29 is 4.74 Å². The third-order valence-electron chi connectivity index (χ3n) is 10.3.